The van der Waals surface area contributed by atoms with Crippen LogP contribution in [-0.4, -0.2) is 86.5 Å². The van der Waals surface area contributed by atoms with Crippen LogP contribution in [0.25, 0.3) is 0 Å². The molecular weight excluding hydrogens is 506 g/mol. The van der Waals surface area contributed by atoms with Gasteiger partial charge in [-0.3, -0.25) is 4.57 Å². The van der Waals surface area contributed by atoms with Crippen LogP contribution < -0.4 is 138 Å². The van der Waals surface area contributed by atoms with Crippen LogP contribution in [0.1, 0.15) is 0 Å². The van der Waals surface area contributed by atoms with Crippen LogP contribution in [-0.2, 0) is 9.13 Å². The van der Waals surface area contributed by atoms with Crippen LogP contribution in [0.15, 0.2) is 0 Å². The van der Waals surface area contributed by atoms with Crippen molar-refractivity contribution in [2.45, 2.75) is 0 Å². The van der Waals surface area contributed by atoms with Gasteiger partial charge in [-0.15, -0.1) is 0 Å². The van der Waals surface area contributed by atoms with Gasteiger partial charge in [0, 0.05) is 0 Å². The molecule has 0 spiro atoms. The molecule has 22 nitrogen and oxygen atoms in total. The largest absolute Gasteiger partial charge is 1.00 e. The third kappa shape index (κ3) is 1820. The molecule has 0 saturated heterocycles. The van der Waals surface area contributed by atoms with Gasteiger partial charge in [-0.25, -0.2) is 0 Å². The summed E-state index contributed by atoms with van der Waals surface area (Å²) in [4.78, 5) is 48.6. The first-order valence-electron chi connectivity index (χ1n) is 1.50. The fraction of sp³-hybridized carbons (Fsp3) is 0. The molecule has 0 aromatic carbocycles. The van der Waals surface area contributed by atoms with Gasteiger partial charge in [0.15, 0.2) is 0 Å². The maximum Gasteiger partial charge on any atom is 1.00 e. The van der Waals surface area contributed by atoms with E-state index in [0.29, 0.717) is 0 Å². The summed E-state index contributed by atoms with van der Waals surface area (Å²) in [6, 6.07) is 0. The number of hydrogen-bond donors (Lipinski definition) is 2. The monoisotopic (exact) mass is 536 g/mol. The smallest absolute Gasteiger partial charge is 0.822 e. The second kappa shape index (κ2) is 110. The summed E-state index contributed by atoms with van der Waals surface area (Å²) in [6.07, 6.45) is 0. The van der Waals surface area contributed by atoms with Gasteiger partial charge in [-0.1, -0.05) is 0 Å². The van der Waals surface area contributed by atoms with E-state index in [1.807, 2.05) is 0 Å². The molecule has 0 aliphatic rings. The molecule has 28 heteroatoms. The van der Waals surface area contributed by atoms with Crippen LogP contribution in [0.2, 0.25) is 0 Å². The molecule has 0 bridgehead atoms. The average Bonchev–Trinajstić information content (AvgIpc) is 1.12. The van der Waals surface area contributed by atoms with Crippen LogP contribution in [0.3, 0.4) is 0 Å². The van der Waals surface area contributed by atoms with Crippen molar-refractivity contribution in [1.82, 2.24) is 0 Å². The summed E-state index contributed by atoms with van der Waals surface area (Å²) in [5, 5.41) is 0. The first-order chi connectivity index (χ1) is 4.00. The molecule has 0 rings (SSSR count). The molecule has 176 valence electrons. The van der Waals surface area contributed by atoms with E-state index in [2.05, 4.69) is 0 Å². The topological polar surface area (TPSA) is 608 Å². The Morgan fingerprint density at radius 1 is 0.393 bits per heavy atom. The molecule has 0 aliphatic heterocycles. The van der Waals surface area contributed by atoms with Crippen LogP contribution in [0.5, 0.6) is 0 Å². The molecule has 0 atom stereocenters. The maximum absolute atomic E-state index is 8.77. The third-order valence-corrected chi connectivity index (χ3v) is 0. The predicted octanol–water partition coefficient (Wildman–Crippen LogP) is -27.9. The normalized spacial score (nSPS) is 4.21. The van der Waals surface area contributed by atoms with E-state index in [9.17, 15) is 0 Å². The quantitative estimate of drug-likeness (QED) is 0.220. The van der Waals surface area contributed by atoms with Gasteiger partial charge < -0.3 is 111 Å². The van der Waals surface area contributed by atoms with E-state index >= 15 is 0 Å². The minimum Gasteiger partial charge on any atom is -0.822 e. The molecule has 0 aliphatic carbocycles. The first kappa shape index (κ1) is 219. The SMILES string of the molecule is O.O.O.O.O.O.O.O.O.O.O.O.O.O.O=P([O-])(O)O.O=P([O-])([O-])[O-].[Na+].[Na+].[Na+].[Na+]. The molecule has 0 aromatic heterocycles. The van der Waals surface area contributed by atoms with Crippen molar-refractivity contribution in [1.29, 1.82) is 0 Å². The van der Waals surface area contributed by atoms with Crippen molar-refractivity contribution in [2.75, 3.05) is 0 Å². The van der Waals surface area contributed by atoms with Gasteiger partial charge in [-0.05, 0) is 0 Å². The van der Waals surface area contributed by atoms with Crippen molar-refractivity contribution < 1.29 is 233 Å². The molecule has 0 amide bonds. The van der Waals surface area contributed by atoms with E-state index < -0.39 is 15.6 Å². The first-order valence-corrected chi connectivity index (χ1v) is 4.49. The third-order valence-electron chi connectivity index (χ3n) is 0. The second-order valence-corrected chi connectivity index (χ2v) is 2.81. The molecule has 0 saturated carbocycles. The zero-order valence-electron chi connectivity index (χ0n) is 15.2. The minimum absolute atomic E-state index is 0. The fourth-order valence-electron chi connectivity index (χ4n) is 0. The molecule has 28 heavy (non-hydrogen) atoms. The Balaban J connectivity index is -0.00000000155. The average molecular weight is 536 g/mol. The number of phosphoric acid groups is 2. The molecule has 0 fully saturated rings. The van der Waals surface area contributed by atoms with Gasteiger partial charge >= 0.3 is 118 Å². The van der Waals surface area contributed by atoms with Crippen molar-refractivity contribution in [3.05, 3.63) is 0 Å². The van der Waals surface area contributed by atoms with Crippen molar-refractivity contribution >= 4 is 15.6 Å². The zero-order valence-corrected chi connectivity index (χ0v) is 25.0. The zero-order chi connectivity index (χ0) is 9.00. The Labute approximate surface area is 246 Å². The van der Waals surface area contributed by atoms with E-state index in [0.717, 1.165) is 0 Å². The second-order valence-electron chi connectivity index (χ2n) is 0.938. The van der Waals surface area contributed by atoms with Crippen LogP contribution in [0.4, 0.5) is 0 Å². The van der Waals surface area contributed by atoms with Crippen molar-refractivity contribution in [2.24, 2.45) is 0 Å². The van der Waals surface area contributed by atoms with Crippen LogP contribution in [0, 0.1) is 0 Å². The Morgan fingerprint density at radius 2 is 0.393 bits per heavy atom. The molecule has 0 radical (unpaired) electrons. The van der Waals surface area contributed by atoms with Gasteiger partial charge in [0.2, 0.25) is 0 Å². The van der Waals surface area contributed by atoms with Crippen LogP contribution >= 0.6 is 15.6 Å². The summed E-state index contributed by atoms with van der Waals surface area (Å²) >= 11 is 0. The minimum atomic E-state index is -5.39. The Hall–Kier alpha value is 3.66. The van der Waals surface area contributed by atoms with Crippen molar-refractivity contribution in [3.63, 3.8) is 0 Å². The Bertz CT molecular complexity index is 139. The summed E-state index contributed by atoms with van der Waals surface area (Å²) in [6.45, 7) is 0. The summed E-state index contributed by atoms with van der Waals surface area (Å²) in [5.41, 5.74) is 0. The molecule has 0 unspecified atom stereocenters. The summed E-state index contributed by atoms with van der Waals surface area (Å²) in [7, 11) is -10.3. The van der Waals surface area contributed by atoms with E-state index in [-0.39, 0.29) is 195 Å². The molecule has 0 aromatic rings. The van der Waals surface area contributed by atoms with E-state index in [4.69, 9.17) is 38.5 Å². The standard InChI is InChI=1S/4Na.2H3O4P.14H2O/c;;;;2*1-5(2,3)4;;;;;;;;;;;;;;/h;;;;2*(H3,1,2,3,4);14*1H2/q4*+1;;;;;;;;;;;;;;;;/p-4. The maximum atomic E-state index is 8.77. The summed E-state index contributed by atoms with van der Waals surface area (Å²) in [5.74, 6) is 0. The predicted molar refractivity (Wildman–Crippen MR) is 70.2 cm³/mol. The summed E-state index contributed by atoms with van der Waals surface area (Å²) < 4.78 is 17.3. The molecule has 0 heterocycles. The Kier molecular flexibility index (Phi) is 860. The Morgan fingerprint density at radius 3 is 0.393 bits per heavy atom. The van der Waals surface area contributed by atoms with E-state index in [1.54, 1.807) is 0 Å². The van der Waals surface area contributed by atoms with Gasteiger partial charge in [0.25, 0.3) is 7.82 Å². The number of rotatable bonds is 0. The molecular formula is H30Na4O22P2. The van der Waals surface area contributed by atoms with E-state index in [1.165, 1.54) is 0 Å². The fourth-order valence-corrected chi connectivity index (χ4v) is 0. The van der Waals surface area contributed by atoms with Gasteiger partial charge in [-0.2, -0.15) is 7.82 Å². The van der Waals surface area contributed by atoms with Crippen molar-refractivity contribution in [3.8, 4) is 0 Å². The number of hydrogen-bond acceptors (Lipinski definition) is 6. The van der Waals surface area contributed by atoms with Gasteiger partial charge in [0.1, 0.15) is 0 Å². The van der Waals surface area contributed by atoms with Gasteiger partial charge in [0.05, 0.1) is 0 Å². The molecule has 30 N–H and O–H groups in total.